The van der Waals surface area contributed by atoms with E-state index in [0.717, 1.165) is 72.8 Å². The number of hydrogen-bond acceptors (Lipinski definition) is 12. The molecule has 0 atom stereocenters. The van der Waals surface area contributed by atoms with Crippen LogP contribution in [0.2, 0.25) is 0 Å². The van der Waals surface area contributed by atoms with Crippen LogP contribution in [0.3, 0.4) is 0 Å². The topological polar surface area (TPSA) is 326 Å². The number of rotatable bonds is 6. The zero-order valence-electron chi connectivity index (χ0n) is 33.7. The van der Waals surface area contributed by atoms with Crippen molar-refractivity contribution in [1.82, 2.24) is 0 Å². The van der Waals surface area contributed by atoms with Crippen molar-refractivity contribution < 1.29 is 77.8 Å². The van der Waals surface area contributed by atoms with Crippen LogP contribution in [-0.4, -0.2) is 77.8 Å². The van der Waals surface area contributed by atoms with Crippen LogP contribution in [0.15, 0.2) is 139 Å². The van der Waals surface area contributed by atoms with Gasteiger partial charge in [-0.1, -0.05) is 36.4 Å². The molecule has 12 bridgehead atoms. The first-order valence-corrected chi connectivity index (χ1v) is 27.6. The van der Waals surface area contributed by atoms with E-state index in [4.69, 9.17) is 0 Å². The molecule has 0 saturated heterocycles. The van der Waals surface area contributed by atoms with Gasteiger partial charge >= 0.3 is 0 Å². The Kier molecular flexibility index (Phi) is 12.9. The monoisotopic (exact) mass is 1020 g/mol. The predicted octanol–water partition coefficient (Wildman–Crippen LogP) is 5.03. The average molecular weight is 1020 g/mol. The van der Waals surface area contributed by atoms with E-state index in [1.54, 1.807) is 0 Å². The van der Waals surface area contributed by atoms with Crippen molar-refractivity contribution in [1.29, 1.82) is 0 Å². The largest absolute Gasteiger partial charge is 0.294 e. The highest BCUT2D eigenvalue weighted by Gasteiger charge is 2.22. The Morgan fingerprint density at radius 2 is 0.288 bits per heavy atom. The van der Waals surface area contributed by atoms with Crippen LogP contribution < -0.4 is 0 Å². The molecule has 0 spiro atoms. The summed E-state index contributed by atoms with van der Waals surface area (Å²) in [6, 6.07) is 21.9. The van der Waals surface area contributed by atoms with E-state index >= 15 is 0 Å². The number of hydrogen-bond donors (Lipinski definition) is 6. The molecule has 1 aliphatic rings. The maximum Gasteiger partial charge on any atom is 0.294 e. The molecule has 348 valence electrons. The summed E-state index contributed by atoms with van der Waals surface area (Å²) in [4.78, 5) is -3.63. The summed E-state index contributed by atoms with van der Waals surface area (Å²) in [7, 11) is -29.5. The van der Waals surface area contributed by atoms with Crippen molar-refractivity contribution >= 4 is 60.7 Å². The summed E-state index contributed by atoms with van der Waals surface area (Å²) in [6.45, 7) is 0. The molecule has 0 radical (unpaired) electrons. The number of fused-ring (bicyclic) bond motifs is 12. The van der Waals surface area contributed by atoms with Crippen LogP contribution >= 0.6 is 0 Å². The molecule has 0 amide bonds. The fourth-order valence-corrected chi connectivity index (χ4v) is 11.5. The lowest BCUT2D eigenvalue weighted by Crippen LogP contribution is -2.07. The maximum absolute atomic E-state index is 12.5. The lowest BCUT2D eigenvalue weighted by Gasteiger charge is -2.15. The Morgan fingerprint density at radius 1 is 0.197 bits per heavy atom. The van der Waals surface area contributed by atoms with Gasteiger partial charge < -0.3 is 0 Å². The standard InChI is InChI=1S/C42H36O18S6/c43-61(44,45)37-13-25-1-26(14-37)8-28-3-30(18-39(16-28)63(49,50)51)10-32-5-34(22-41(20-32)65(55,56)57)12-36-6-35(23-42(24-36)66(58,59)60)11-33-4-31(19-40(21-33)64(52,53)54)9-29-2-27(7-25)15-38(17-29)62(46,47)48/h1-6,13-24H,7-12H2,(H,43,44,45)(H,46,47,48)(H,49,50,51)(H,52,53,54)(H,55,56,57)(H,58,59,60). The van der Waals surface area contributed by atoms with Crippen molar-refractivity contribution in [3.63, 3.8) is 0 Å². The molecule has 0 fully saturated rings. The Morgan fingerprint density at radius 3 is 0.364 bits per heavy atom. The second kappa shape index (κ2) is 17.5. The summed E-state index contributed by atoms with van der Waals surface area (Å²) in [5, 5.41) is 0. The Hall–Kier alpha value is -5.22. The second-order valence-corrected chi connectivity index (χ2v) is 24.4. The quantitative estimate of drug-likeness (QED) is 0.119. The molecule has 24 heteroatoms. The molecule has 7 rings (SSSR count). The first-order chi connectivity index (χ1) is 30.3. The van der Waals surface area contributed by atoms with Gasteiger partial charge in [-0.3, -0.25) is 27.3 Å². The van der Waals surface area contributed by atoms with E-state index < -0.39 is 90.1 Å². The molecule has 18 nitrogen and oxygen atoms in total. The van der Waals surface area contributed by atoms with Gasteiger partial charge in [0.25, 0.3) is 60.7 Å². The molecule has 6 aromatic rings. The fraction of sp³-hybridized carbons (Fsp3) is 0.143. The summed E-state index contributed by atoms with van der Waals surface area (Å²) in [5.74, 6) is 0. The lowest BCUT2D eigenvalue weighted by molar-refractivity contribution is 0.480. The molecule has 0 unspecified atom stereocenters. The second-order valence-electron chi connectivity index (χ2n) is 15.8. The van der Waals surface area contributed by atoms with E-state index in [9.17, 15) is 77.8 Å². The third kappa shape index (κ3) is 12.2. The van der Waals surface area contributed by atoms with Gasteiger partial charge in [0.15, 0.2) is 0 Å². The summed E-state index contributed by atoms with van der Waals surface area (Å²) in [6.07, 6.45) is -1.51. The zero-order valence-corrected chi connectivity index (χ0v) is 38.6. The van der Waals surface area contributed by atoms with Gasteiger partial charge in [-0.05, 0) is 178 Å². The highest BCUT2D eigenvalue weighted by molar-refractivity contribution is 7.87. The fourth-order valence-electron chi connectivity index (χ4n) is 7.90. The van der Waals surface area contributed by atoms with Gasteiger partial charge in [-0.15, -0.1) is 0 Å². The third-order valence-corrected chi connectivity index (χ3v) is 15.4. The van der Waals surface area contributed by atoms with Gasteiger partial charge in [0.1, 0.15) is 0 Å². The Labute approximate surface area is 380 Å². The molecule has 6 aromatic carbocycles. The lowest BCUT2D eigenvalue weighted by atomic mass is 9.94. The van der Waals surface area contributed by atoms with Gasteiger partial charge in [0.05, 0.1) is 29.4 Å². The summed E-state index contributed by atoms with van der Waals surface area (Å²) in [5.41, 5.74) is 1.95. The van der Waals surface area contributed by atoms with E-state index in [1.165, 1.54) is 36.4 Å². The normalized spacial score (nSPS) is 14.3. The molecule has 1 aliphatic carbocycles. The zero-order chi connectivity index (χ0) is 48.4. The van der Waals surface area contributed by atoms with E-state index in [2.05, 4.69) is 0 Å². The van der Waals surface area contributed by atoms with Crippen molar-refractivity contribution in [3.05, 3.63) is 176 Å². The van der Waals surface area contributed by atoms with E-state index in [0.29, 0.717) is 0 Å². The highest BCUT2D eigenvalue weighted by atomic mass is 32.2. The Balaban J connectivity index is 1.50. The van der Waals surface area contributed by atoms with Crippen molar-refractivity contribution in [2.75, 3.05) is 0 Å². The minimum absolute atomic E-state index is 0.163. The molecule has 66 heavy (non-hydrogen) atoms. The number of benzene rings is 6. The first-order valence-electron chi connectivity index (χ1n) is 19.0. The molecule has 6 N–H and O–H groups in total. The molecular weight excluding hydrogens is 985 g/mol. The van der Waals surface area contributed by atoms with E-state index in [1.807, 2.05) is 0 Å². The van der Waals surface area contributed by atoms with Crippen LogP contribution in [0.1, 0.15) is 66.8 Å². The average Bonchev–Trinajstić information content (AvgIpc) is 3.15. The summed E-state index contributed by atoms with van der Waals surface area (Å²) >= 11 is 0. The van der Waals surface area contributed by atoms with Gasteiger partial charge in [0, 0.05) is 0 Å². The van der Waals surface area contributed by atoms with Gasteiger partial charge in [-0.2, -0.15) is 50.5 Å². The van der Waals surface area contributed by atoms with Crippen LogP contribution in [-0.2, 0) is 99.2 Å². The SMILES string of the molecule is O=S(=O)(O)c1cc2cc(c1)Cc1cc(cc(S(=O)(=O)O)c1)Cc1cc(cc(S(=O)(=O)O)c1)Cc1cc(cc(S(=O)(=O)O)c1)Cc1cc(cc(S(=O)(=O)O)c1)Cc1cc(cc(S(=O)(=O)O)c1)C2. The van der Waals surface area contributed by atoms with Crippen molar-refractivity contribution in [3.8, 4) is 0 Å². The van der Waals surface area contributed by atoms with E-state index in [-0.39, 0.29) is 105 Å². The third-order valence-electron chi connectivity index (χ3n) is 10.4. The molecule has 0 heterocycles. The van der Waals surface area contributed by atoms with Gasteiger partial charge in [-0.25, -0.2) is 0 Å². The van der Waals surface area contributed by atoms with Crippen molar-refractivity contribution in [2.45, 2.75) is 67.9 Å². The van der Waals surface area contributed by atoms with Crippen molar-refractivity contribution in [2.24, 2.45) is 0 Å². The minimum atomic E-state index is -4.92. The highest BCUT2D eigenvalue weighted by Crippen LogP contribution is 2.30. The van der Waals surface area contributed by atoms with Crippen LogP contribution in [0.4, 0.5) is 0 Å². The Bertz CT molecular complexity index is 2940. The molecule has 0 aliphatic heterocycles. The smallest absolute Gasteiger partial charge is 0.282 e. The first kappa shape index (κ1) is 48.7. The minimum Gasteiger partial charge on any atom is -0.282 e. The maximum atomic E-state index is 12.5. The summed E-state index contributed by atoms with van der Waals surface area (Å²) < 4.78 is 211. The molecule has 0 aromatic heterocycles. The van der Waals surface area contributed by atoms with Crippen LogP contribution in [0, 0.1) is 0 Å². The van der Waals surface area contributed by atoms with Gasteiger partial charge in [0.2, 0.25) is 0 Å². The predicted molar refractivity (Wildman–Crippen MR) is 234 cm³/mol. The molecular formula is C42H36O18S6. The van der Waals surface area contributed by atoms with Crippen LogP contribution in [0.25, 0.3) is 0 Å². The van der Waals surface area contributed by atoms with Crippen LogP contribution in [0.5, 0.6) is 0 Å². The molecule has 0 saturated carbocycles.